The number of unbranched alkanes of at least 4 members (excludes halogenated alkanes) is 2. The first kappa shape index (κ1) is 33.9. The number of nitrogen functional groups attached to an aromatic ring is 1. The second-order valence-electron chi connectivity index (χ2n) is 10.9. The zero-order valence-electron chi connectivity index (χ0n) is 26.5. The van der Waals surface area contributed by atoms with E-state index in [0.717, 1.165) is 92.4 Å². The van der Waals surface area contributed by atoms with Crippen molar-refractivity contribution in [2.75, 3.05) is 104 Å². The van der Waals surface area contributed by atoms with Crippen molar-refractivity contribution in [3.63, 3.8) is 0 Å². The molecule has 2 aromatic heterocycles. The molecular formula is C32H51N7O5. The molecule has 1 saturated heterocycles. The number of ether oxygens (including phenoxy) is 5. The summed E-state index contributed by atoms with van der Waals surface area (Å²) in [6.07, 6.45) is 5.43. The summed E-state index contributed by atoms with van der Waals surface area (Å²) in [4.78, 5) is 11.3. The molecule has 0 atom stereocenters. The van der Waals surface area contributed by atoms with Crippen LogP contribution >= 0.6 is 0 Å². The number of aromatic nitrogens is 3. The van der Waals surface area contributed by atoms with Crippen molar-refractivity contribution in [3.8, 4) is 5.75 Å². The third-order valence-electron chi connectivity index (χ3n) is 7.54. The predicted octanol–water partition coefficient (Wildman–Crippen LogP) is 3.14. The van der Waals surface area contributed by atoms with E-state index in [2.05, 4.69) is 49.1 Å². The Balaban J connectivity index is 1.12. The highest BCUT2D eigenvalue weighted by Crippen LogP contribution is 2.27. The monoisotopic (exact) mass is 613 g/mol. The van der Waals surface area contributed by atoms with Crippen LogP contribution in [0, 0.1) is 0 Å². The quantitative estimate of drug-likeness (QED) is 0.145. The lowest BCUT2D eigenvalue weighted by Crippen LogP contribution is -2.44. The minimum atomic E-state index is 0.270. The van der Waals surface area contributed by atoms with Gasteiger partial charge in [0.05, 0.1) is 72.0 Å². The Morgan fingerprint density at radius 2 is 1.64 bits per heavy atom. The number of rotatable bonds is 22. The number of benzene rings is 1. The van der Waals surface area contributed by atoms with Crippen molar-refractivity contribution < 1.29 is 23.7 Å². The Kier molecular flexibility index (Phi) is 14.9. The van der Waals surface area contributed by atoms with Crippen molar-refractivity contribution in [1.29, 1.82) is 0 Å². The number of nitrogens with two attached hydrogens (primary N) is 1. The number of hydrogen-bond acceptors (Lipinski definition) is 11. The summed E-state index contributed by atoms with van der Waals surface area (Å²) >= 11 is 0. The highest BCUT2D eigenvalue weighted by atomic mass is 16.6. The van der Waals surface area contributed by atoms with Crippen LogP contribution in [0.2, 0.25) is 0 Å². The number of anilines is 2. The summed E-state index contributed by atoms with van der Waals surface area (Å²) in [7, 11) is 1.69. The van der Waals surface area contributed by atoms with Gasteiger partial charge in [0, 0.05) is 51.0 Å². The minimum absolute atomic E-state index is 0.270. The lowest BCUT2D eigenvalue weighted by atomic mass is 10.1. The van der Waals surface area contributed by atoms with Crippen LogP contribution in [0.25, 0.3) is 11.0 Å². The molecule has 12 heteroatoms. The molecule has 0 spiro atoms. The fourth-order valence-corrected chi connectivity index (χ4v) is 5.13. The maximum atomic E-state index is 5.98. The first-order valence-corrected chi connectivity index (χ1v) is 15.9. The largest absolute Gasteiger partial charge is 0.496 e. The summed E-state index contributed by atoms with van der Waals surface area (Å²) in [5.74, 6) is 1.84. The van der Waals surface area contributed by atoms with Gasteiger partial charge in [-0.1, -0.05) is 31.9 Å². The normalized spacial score (nSPS) is 14.0. The molecule has 1 aliphatic rings. The molecule has 0 bridgehead atoms. The topological polar surface area (TPSA) is 130 Å². The standard InChI is InChI=1S/C32H51N7O5/c1-3-4-5-9-35-31-30-28(36-32(33)37-31)8-12-39(30)24-27-7-6-26(23-29(27)40-2)25-44-22-21-43-20-19-42-18-17-41-16-15-38-13-10-34-11-14-38/h6-8,12,23,34H,3-5,9-11,13-22,24-25H2,1-2H3,(H3,33,35,36,37). The van der Waals surface area contributed by atoms with Crippen LogP contribution in [0.4, 0.5) is 11.8 Å². The second-order valence-corrected chi connectivity index (χ2v) is 10.9. The van der Waals surface area contributed by atoms with Crippen LogP contribution in [0.5, 0.6) is 5.75 Å². The number of nitrogens with zero attached hydrogens (tertiary/aromatic N) is 4. The molecule has 0 saturated carbocycles. The predicted molar refractivity (Wildman–Crippen MR) is 173 cm³/mol. The molecule has 12 nitrogen and oxygen atoms in total. The first-order chi connectivity index (χ1) is 21.7. The van der Waals surface area contributed by atoms with Gasteiger partial charge in [0.15, 0.2) is 5.82 Å². The smallest absolute Gasteiger partial charge is 0.222 e. The van der Waals surface area contributed by atoms with Crippen molar-refractivity contribution >= 4 is 22.8 Å². The Morgan fingerprint density at radius 3 is 2.36 bits per heavy atom. The van der Waals surface area contributed by atoms with Gasteiger partial charge >= 0.3 is 0 Å². The minimum Gasteiger partial charge on any atom is -0.496 e. The molecule has 1 aromatic carbocycles. The van der Waals surface area contributed by atoms with Crippen LogP contribution in [-0.4, -0.2) is 112 Å². The number of piperazine rings is 1. The van der Waals surface area contributed by atoms with E-state index >= 15 is 0 Å². The van der Waals surface area contributed by atoms with Crippen molar-refractivity contribution in [3.05, 3.63) is 41.6 Å². The molecule has 1 fully saturated rings. The van der Waals surface area contributed by atoms with Gasteiger partial charge in [0.25, 0.3) is 0 Å². The third-order valence-corrected chi connectivity index (χ3v) is 7.54. The molecule has 0 amide bonds. The Bertz CT molecular complexity index is 1240. The number of fused-ring (bicyclic) bond motifs is 1. The molecular weight excluding hydrogens is 562 g/mol. The number of methoxy groups -OCH3 is 1. The van der Waals surface area contributed by atoms with Crippen LogP contribution in [-0.2, 0) is 32.1 Å². The van der Waals surface area contributed by atoms with Gasteiger partial charge in [-0.2, -0.15) is 4.98 Å². The highest BCUT2D eigenvalue weighted by Gasteiger charge is 2.14. The molecule has 3 heterocycles. The van der Waals surface area contributed by atoms with E-state index in [1.54, 1.807) is 7.11 Å². The number of nitrogens with one attached hydrogen (secondary N) is 2. The van der Waals surface area contributed by atoms with Gasteiger partial charge in [-0.25, -0.2) is 4.98 Å². The van der Waals surface area contributed by atoms with Gasteiger partial charge in [0.1, 0.15) is 11.3 Å². The molecule has 0 aliphatic carbocycles. The van der Waals surface area contributed by atoms with Gasteiger partial charge in [0.2, 0.25) is 5.95 Å². The van der Waals surface area contributed by atoms with Gasteiger partial charge < -0.3 is 44.6 Å². The van der Waals surface area contributed by atoms with Gasteiger partial charge in [-0.15, -0.1) is 0 Å². The zero-order valence-corrected chi connectivity index (χ0v) is 26.5. The average molecular weight is 614 g/mol. The SMILES string of the molecule is CCCCCNc1nc(N)nc2ccn(Cc3ccc(COCCOCCOCCOCCN4CCNCC4)cc3OC)c12. The summed E-state index contributed by atoms with van der Waals surface area (Å²) < 4.78 is 30.6. The van der Waals surface area contributed by atoms with Crippen LogP contribution in [0.15, 0.2) is 30.5 Å². The molecule has 3 aromatic rings. The fraction of sp³-hybridized carbons (Fsp3) is 0.625. The van der Waals surface area contributed by atoms with Crippen molar-refractivity contribution in [2.45, 2.75) is 39.3 Å². The lowest BCUT2D eigenvalue weighted by Gasteiger charge is -2.26. The van der Waals surface area contributed by atoms with E-state index in [1.165, 1.54) is 6.42 Å². The van der Waals surface area contributed by atoms with E-state index in [9.17, 15) is 0 Å². The van der Waals surface area contributed by atoms with Crippen molar-refractivity contribution in [2.24, 2.45) is 0 Å². The highest BCUT2D eigenvalue weighted by molar-refractivity contribution is 5.87. The number of hydrogen-bond donors (Lipinski definition) is 3. The molecule has 44 heavy (non-hydrogen) atoms. The maximum Gasteiger partial charge on any atom is 0.222 e. The summed E-state index contributed by atoms with van der Waals surface area (Å²) in [6, 6.07) is 8.15. The van der Waals surface area contributed by atoms with E-state index in [0.29, 0.717) is 52.8 Å². The van der Waals surface area contributed by atoms with Gasteiger partial charge in [-0.3, -0.25) is 4.90 Å². The van der Waals surface area contributed by atoms with Crippen LogP contribution in [0.3, 0.4) is 0 Å². The Hall–Kier alpha value is -3.00. The summed E-state index contributed by atoms with van der Waals surface area (Å²) in [5.41, 5.74) is 9.82. The lowest BCUT2D eigenvalue weighted by molar-refractivity contribution is -0.00617. The Morgan fingerprint density at radius 1 is 0.909 bits per heavy atom. The second kappa shape index (κ2) is 19.4. The van der Waals surface area contributed by atoms with E-state index < -0.39 is 0 Å². The van der Waals surface area contributed by atoms with E-state index in [-0.39, 0.29) is 5.95 Å². The van der Waals surface area contributed by atoms with Crippen LogP contribution in [0.1, 0.15) is 37.3 Å². The fourth-order valence-electron chi connectivity index (χ4n) is 5.13. The Labute approximate surface area is 261 Å². The summed E-state index contributed by atoms with van der Waals surface area (Å²) in [6.45, 7) is 13.5. The maximum absolute atomic E-state index is 5.98. The first-order valence-electron chi connectivity index (χ1n) is 15.9. The molecule has 244 valence electrons. The molecule has 1 aliphatic heterocycles. The average Bonchev–Trinajstić information content (AvgIpc) is 3.44. The molecule has 0 radical (unpaired) electrons. The zero-order chi connectivity index (χ0) is 30.8. The molecule has 0 unspecified atom stereocenters. The summed E-state index contributed by atoms with van der Waals surface area (Å²) in [5, 5.41) is 6.81. The van der Waals surface area contributed by atoms with Crippen LogP contribution < -0.4 is 21.1 Å². The van der Waals surface area contributed by atoms with Gasteiger partial charge in [-0.05, 0) is 24.1 Å². The molecule has 4 rings (SSSR count). The molecule has 4 N–H and O–H groups in total. The van der Waals surface area contributed by atoms with E-state index in [4.69, 9.17) is 29.4 Å². The van der Waals surface area contributed by atoms with E-state index in [1.807, 2.05) is 18.3 Å². The van der Waals surface area contributed by atoms with Crippen molar-refractivity contribution in [1.82, 2.24) is 24.8 Å². The third kappa shape index (κ3) is 11.2.